The highest BCUT2D eigenvalue weighted by Crippen LogP contribution is 2.11. The Morgan fingerprint density at radius 2 is 1.69 bits per heavy atom. The molecule has 1 saturated heterocycles. The minimum atomic E-state index is 0. The van der Waals surface area contributed by atoms with Crippen molar-refractivity contribution in [3.8, 4) is 0 Å². The van der Waals surface area contributed by atoms with Crippen LogP contribution in [0.5, 0.6) is 0 Å². The molecule has 1 aromatic rings. The molecule has 2 atom stereocenters. The van der Waals surface area contributed by atoms with Crippen molar-refractivity contribution >= 4 is 29.9 Å². The van der Waals surface area contributed by atoms with Gasteiger partial charge in [0, 0.05) is 46.3 Å². The van der Waals surface area contributed by atoms with Crippen LogP contribution in [0.25, 0.3) is 0 Å². The molecule has 1 fully saturated rings. The highest BCUT2D eigenvalue weighted by molar-refractivity contribution is 14.0. The standard InChI is InChI=1S/C20H35N5.HI/c1-5-24-11-13-25(14-12-24)16-17(2)15-22-20(21-4)23-18(3)19-9-7-6-8-10-19;/h6-10,17-18H,5,11-16H2,1-4H3,(H2,21,22,23);1H. The minimum absolute atomic E-state index is 0. The Morgan fingerprint density at radius 3 is 2.27 bits per heavy atom. The van der Waals surface area contributed by atoms with Crippen LogP contribution in [0.4, 0.5) is 0 Å². The van der Waals surface area contributed by atoms with Crippen LogP contribution < -0.4 is 10.6 Å². The van der Waals surface area contributed by atoms with Crippen LogP contribution in [-0.2, 0) is 0 Å². The van der Waals surface area contributed by atoms with Crippen molar-refractivity contribution in [3.05, 3.63) is 35.9 Å². The van der Waals surface area contributed by atoms with E-state index >= 15 is 0 Å². The van der Waals surface area contributed by atoms with Crippen LogP contribution in [0.3, 0.4) is 0 Å². The first kappa shape index (κ1) is 23.2. The average Bonchev–Trinajstić information content (AvgIpc) is 2.66. The summed E-state index contributed by atoms with van der Waals surface area (Å²) < 4.78 is 0. The van der Waals surface area contributed by atoms with Gasteiger partial charge in [0.05, 0.1) is 6.04 Å². The molecule has 2 rings (SSSR count). The molecule has 0 radical (unpaired) electrons. The lowest BCUT2D eigenvalue weighted by Gasteiger charge is -2.35. The van der Waals surface area contributed by atoms with Gasteiger partial charge in [-0.1, -0.05) is 44.2 Å². The predicted molar refractivity (Wildman–Crippen MR) is 122 cm³/mol. The molecule has 0 bridgehead atoms. The zero-order chi connectivity index (χ0) is 18.1. The SMILES string of the molecule is CCN1CCN(CC(C)CNC(=NC)NC(C)c2ccccc2)CC1.I. The lowest BCUT2D eigenvalue weighted by Crippen LogP contribution is -2.48. The Morgan fingerprint density at radius 1 is 1.08 bits per heavy atom. The van der Waals surface area contributed by atoms with Gasteiger partial charge in [-0.15, -0.1) is 24.0 Å². The Hall–Kier alpha value is -0.860. The van der Waals surface area contributed by atoms with Gasteiger partial charge in [0.1, 0.15) is 0 Å². The number of hydrogen-bond donors (Lipinski definition) is 2. The third-order valence-corrected chi connectivity index (χ3v) is 4.98. The normalized spacial score (nSPS) is 18.7. The Kier molecular flexibility index (Phi) is 11.2. The van der Waals surface area contributed by atoms with Gasteiger partial charge in [0.25, 0.3) is 0 Å². The van der Waals surface area contributed by atoms with Crippen LogP contribution in [-0.4, -0.2) is 68.6 Å². The largest absolute Gasteiger partial charge is 0.356 e. The molecule has 0 spiro atoms. The maximum atomic E-state index is 4.37. The number of nitrogens with zero attached hydrogens (tertiary/aromatic N) is 3. The maximum Gasteiger partial charge on any atom is 0.191 e. The fourth-order valence-corrected chi connectivity index (χ4v) is 3.29. The number of aliphatic imine (C=N–C) groups is 1. The third kappa shape index (κ3) is 7.80. The van der Waals surface area contributed by atoms with E-state index in [1.54, 1.807) is 0 Å². The molecule has 1 aromatic carbocycles. The molecule has 6 heteroatoms. The van der Waals surface area contributed by atoms with E-state index in [9.17, 15) is 0 Å². The van der Waals surface area contributed by atoms with Crippen molar-refractivity contribution < 1.29 is 0 Å². The van der Waals surface area contributed by atoms with E-state index in [0.29, 0.717) is 5.92 Å². The van der Waals surface area contributed by atoms with Crippen molar-refractivity contribution in [1.29, 1.82) is 0 Å². The average molecular weight is 473 g/mol. The summed E-state index contributed by atoms with van der Waals surface area (Å²) in [5.41, 5.74) is 1.27. The zero-order valence-corrected chi connectivity index (χ0v) is 19.1. The quantitative estimate of drug-likeness (QED) is 0.363. The van der Waals surface area contributed by atoms with E-state index in [4.69, 9.17) is 0 Å². The second-order valence-electron chi connectivity index (χ2n) is 7.07. The van der Waals surface area contributed by atoms with Crippen molar-refractivity contribution in [2.24, 2.45) is 10.9 Å². The number of halogens is 1. The molecule has 0 amide bonds. The van der Waals surface area contributed by atoms with E-state index in [1.807, 2.05) is 13.1 Å². The molecule has 0 aliphatic carbocycles. The molecule has 0 aromatic heterocycles. The Labute approximate surface area is 176 Å². The zero-order valence-electron chi connectivity index (χ0n) is 16.7. The number of likely N-dealkylation sites (N-methyl/N-ethyl adjacent to an activating group) is 1. The predicted octanol–water partition coefficient (Wildman–Crippen LogP) is 2.80. The molecule has 1 aliphatic heterocycles. The van der Waals surface area contributed by atoms with Crippen molar-refractivity contribution in [2.75, 3.05) is 52.9 Å². The Bertz CT molecular complexity index is 514. The summed E-state index contributed by atoms with van der Waals surface area (Å²) in [6.45, 7) is 14.8. The summed E-state index contributed by atoms with van der Waals surface area (Å²) in [4.78, 5) is 9.48. The van der Waals surface area contributed by atoms with Crippen molar-refractivity contribution in [2.45, 2.75) is 26.8 Å². The van der Waals surface area contributed by atoms with Gasteiger partial charge in [0.2, 0.25) is 0 Å². The van der Waals surface area contributed by atoms with Gasteiger partial charge < -0.3 is 20.4 Å². The van der Waals surface area contributed by atoms with Gasteiger partial charge in [-0.25, -0.2) is 0 Å². The van der Waals surface area contributed by atoms with Gasteiger partial charge in [0.15, 0.2) is 5.96 Å². The third-order valence-electron chi connectivity index (χ3n) is 4.98. The first-order chi connectivity index (χ1) is 12.1. The lowest BCUT2D eigenvalue weighted by atomic mass is 10.1. The van der Waals surface area contributed by atoms with E-state index in [0.717, 1.165) is 19.0 Å². The highest BCUT2D eigenvalue weighted by atomic mass is 127. The summed E-state index contributed by atoms with van der Waals surface area (Å²) in [6.07, 6.45) is 0. The van der Waals surface area contributed by atoms with Gasteiger partial charge in [-0.05, 0) is 24.9 Å². The summed E-state index contributed by atoms with van der Waals surface area (Å²) in [6, 6.07) is 10.7. The molecule has 2 unspecified atom stereocenters. The number of benzene rings is 1. The van der Waals surface area contributed by atoms with Crippen LogP contribution in [0.1, 0.15) is 32.4 Å². The maximum absolute atomic E-state index is 4.37. The first-order valence-corrected chi connectivity index (χ1v) is 9.59. The summed E-state index contributed by atoms with van der Waals surface area (Å²) >= 11 is 0. The fraction of sp³-hybridized carbons (Fsp3) is 0.650. The summed E-state index contributed by atoms with van der Waals surface area (Å²) in [5, 5.41) is 6.96. The van der Waals surface area contributed by atoms with Crippen LogP contribution in [0, 0.1) is 5.92 Å². The number of nitrogens with one attached hydrogen (secondary N) is 2. The van der Waals surface area contributed by atoms with E-state index < -0.39 is 0 Å². The van der Waals surface area contributed by atoms with E-state index in [2.05, 4.69) is 70.5 Å². The van der Waals surface area contributed by atoms with E-state index in [-0.39, 0.29) is 30.0 Å². The van der Waals surface area contributed by atoms with Crippen LogP contribution in [0.15, 0.2) is 35.3 Å². The second-order valence-corrected chi connectivity index (χ2v) is 7.07. The second kappa shape index (κ2) is 12.5. The minimum Gasteiger partial charge on any atom is -0.356 e. The molecule has 26 heavy (non-hydrogen) atoms. The summed E-state index contributed by atoms with van der Waals surface area (Å²) in [7, 11) is 1.84. The molecule has 2 N–H and O–H groups in total. The smallest absolute Gasteiger partial charge is 0.191 e. The molecule has 0 saturated carbocycles. The Balaban J connectivity index is 0.00000338. The fourth-order valence-electron chi connectivity index (χ4n) is 3.29. The molecular formula is C20H36IN5. The van der Waals surface area contributed by atoms with Crippen LogP contribution in [0.2, 0.25) is 0 Å². The topological polar surface area (TPSA) is 42.9 Å². The van der Waals surface area contributed by atoms with Crippen molar-refractivity contribution in [3.63, 3.8) is 0 Å². The number of piperazine rings is 1. The number of hydrogen-bond acceptors (Lipinski definition) is 3. The number of rotatable bonds is 7. The lowest BCUT2D eigenvalue weighted by molar-refractivity contribution is 0.124. The molecule has 1 heterocycles. The first-order valence-electron chi connectivity index (χ1n) is 9.59. The van der Waals surface area contributed by atoms with E-state index in [1.165, 1.54) is 38.3 Å². The molecular weight excluding hydrogens is 437 g/mol. The number of guanidine groups is 1. The van der Waals surface area contributed by atoms with Gasteiger partial charge in [-0.2, -0.15) is 0 Å². The molecule has 1 aliphatic rings. The molecule has 148 valence electrons. The highest BCUT2D eigenvalue weighted by Gasteiger charge is 2.17. The van der Waals surface area contributed by atoms with Crippen LogP contribution >= 0.6 is 24.0 Å². The summed E-state index contributed by atoms with van der Waals surface area (Å²) in [5.74, 6) is 1.47. The van der Waals surface area contributed by atoms with Gasteiger partial charge in [-0.3, -0.25) is 4.99 Å². The van der Waals surface area contributed by atoms with Gasteiger partial charge >= 0.3 is 0 Å². The van der Waals surface area contributed by atoms with Crippen molar-refractivity contribution in [1.82, 2.24) is 20.4 Å². The monoisotopic (exact) mass is 473 g/mol. The molecule has 5 nitrogen and oxygen atoms in total.